The lowest BCUT2D eigenvalue weighted by molar-refractivity contribution is -0.125. The van der Waals surface area contributed by atoms with Crippen LogP contribution in [0.4, 0.5) is 5.69 Å². The van der Waals surface area contributed by atoms with E-state index in [1.165, 1.54) is 23.2 Å². The Labute approximate surface area is 202 Å². The summed E-state index contributed by atoms with van der Waals surface area (Å²) in [6, 6.07) is 12.2. The van der Waals surface area contributed by atoms with E-state index in [1.54, 1.807) is 0 Å². The van der Waals surface area contributed by atoms with Gasteiger partial charge in [-0.3, -0.25) is 9.59 Å². The molecule has 0 aliphatic heterocycles. The molecule has 4 rings (SSSR count). The minimum absolute atomic E-state index is 0.152. The van der Waals surface area contributed by atoms with E-state index in [2.05, 4.69) is 20.6 Å². The van der Waals surface area contributed by atoms with Crippen molar-refractivity contribution in [2.45, 2.75) is 27.7 Å². The number of anilines is 1. The predicted octanol–water partition coefficient (Wildman–Crippen LogP) is 4.73. The Morgan fingerprint density at radius 2 is 1.65 bits per heavy atom. The molecule has 4 aromatic rings. The fourth-order valence-electron chi connectivity index (χ4n) is 3.83. The van der Waals surface area contributed by atoms with Crippen LogP contribution in [-0.2, 0) is 9.59 Å². The maximum Gasteiger partial charge on any atom is 0.258 e. The predicted molar refractivity (Wildman–Crippen MR) is 135 cm³/mol. The van der Waals surface area contributed by atoms with Gasteiger partial charge in [0.05, 0.1) is 11.9 Å². The fourth-order valence-corrected chi connectivity index (χ4v) is 4.73. The highest BCUT2D eigenvalue weighted by atomic mass is 32.1. The number of hydrogen-bond acceptors (Lipinski definition) is 6. The number of carbonyl (C=O) groups is 2. The number of thiophene rings is 1. The Morgan fingerprint density at radius 1 is 0.941 bits per heavy atom. The van der Waals surface area contributed by atoms with Crippen LogP contribution >= 0.6 is 11.3 Å². The molecule has 2 amide bonds. The SMILES string of the molecule is Cc1ccc(-c2csc3ncnc(OCC(=O)NCC(=O)Nc4c(C)cc(C)cc4C)c23)cc1. The molecule has 0 fully saturated rings. The Morgan fingerprint density at radius 3 is 2.35 bits per heavy atom. The molecule has 0 radical (unpaired) electrons. The molecule has 0 unspecified atom stereocenters. The normalized spacial score (nSPS) is 10.8. The molecule has 0 aliphatic rings. The summed E-state index contributed by atoms with van der Waals surface area (Å²) in [5, 5.41) is 8.25. The highest BCUT2D eigenvalue weighted by Gasteiger charge is 2.16. The Bertz CT molecular complexity index is 1340. The summed E-state index contributed by atoms with van der Waals surface area (Å²) in [4.78, 5) is 34.1. The lowest BCUT2D eigenvalue weighted by Gasteiger charge is -2.13. The second-order valence-corrected chi connectivity index (χ2v) is 9.12. The van der Waals surface area contributed by atoms with Crippen LogP contribution in [0.5, 0.6) is 5.88 Å². The van der Waals surface area contributed by atoms with Gasteiger partial charge in [-0.25, -0.2) is 9.97 Å². The summed E-state index contributed by atoms with van der Waals surface area (Å²) in [7, 11) is 0. The van der Waals surface area contributed by atoms with Gasteiger partial charge in [0.1, 0.15) is 11.2 Å². The number of ether oxygens (including phenoxy) is 1. The number of benzene rings is 2. The van der Waals surface area contributed by atoms with Gasteiger partial charge >= 0.3 is 0 Å². The largest absolute Gasteiger partial charge is 0.467 e. The van der Waals surface area contributed by atoms with E-state index in [0.29, 0.717) is 5.88 Å². The van der Waals surface area contributed by atoms with Crippen LogP contribution in [-0.4, -0.2) is 34.9 Å². The van der Waals surface area contributed by atoms with Crippen LogP contribution in [0, 0.1) is 27.7 Å². The minimum atomic E-state index is -0.411. The van der Waals surface area contributed by atoms with Crippen molar-refractivity contribution >= 4 is 39.1 Å². The van der Waals surface area contributed by atoms with E-state index < -0.39 is 5.91 Å². The lowest BCUT2D eigenvalue weighted by atomic mass is 10.0. The quantitative estimate of drug-likeness (QED) is 0.404. The van der Waals surface area contributed by atoms with E-state index in [4.69, 9.17) is 4.74 Å². The molecule has 34 heavy (non-hydrogen) atoms. The van der Waals surface area contributed by atoms with E-state index in [1.807, 2.05) is 69.5 Å². The fraction of sp³-hybridized carbons (Fsp3) is 0.231. The number of aromatic nitrogens is 2. The lowest BCUT2D eigenvalue weighted by Crippen LogP contribution is -2.36. The summed E-state index contributed by atoms with van der Waals surface area (Å²) in [5.41, 5.74) is 7.02. The van der Waals surface area contributed by atoms with Gasteiger partial charge < -0.3 is 15.4 Å². The van der Waals surface area contributed by atoms with Crippen LogP contribution in [0.3, 0.4) is 0 Å². The van der Waals surface area contributed by atoms with Gasteiger partial charge in [0, 0.05) is 16.6 Å². The Balaban J connectivity index is 1.39. The maximum absolute atomic E-state index is 12.4. The third-order valence-electron chi connectivity index (χ3n) is 5.43. The number of carbonyl (C=O) groups excluding carboxylic acids is 2. The molecule has 2 heterocycles. The van der Waals surface area contributed by atoms with Crippen LogP contribution in [0.25, 0.3) is 21.3 Å². The molecule has 0 saturated carbocycles. The van der Waals surface area contributed by atoms with Crippen molar-refractivity contribution in [3.05, 3.63) is 70.4 Å². The Hall–Kier alpha value is -3.78. The van der Waals surface area contributed by atoms with Gasteiger partial charge in [-0.1, -0.05) is 47.5 Å². The van der Waals surface area contributed by atoms with Crippen LogP contribution < -0.4 is 15.4 Å². The minimum Gasteiger partial charge on any atom is -0.467 e. The van der Waals surface area contributed by atoms with E-state index in [0.717, 1.165) is 43.7 Å². The van der Waals surface area contributed by atoms with Crippen molar-refractivity contribution in [2.75, 3.05) is 18.5 Å². The molecule has 0 aliphatic carbocycles. The van der Waals surface area contributed by atoms with Crippen molar-refractivity contribution in [3.63, 3.8) is 0 Å². The first-order valence-corrected chi connectivity index (χ1v) is 11.8. The number of amides is 2. The second-order valence-electron chi connectivity index (χ2n) is 8.26. The summed E-state index contributed by atoms with van der Waals surface area (Å²) in [5.74, 6) is -0.369. The zero-order valence-electron chi connectivity index (χ0n) is 19.6. The summed E-state index contributed by atoms with van der Waals surface area (Å²) < 4.78 is 5.74. The molecule has 2 N–H and O–H groups in total. The van der Waals surface area contributed by atoms with Crippen LogP contribution in [0.1, 0.15) is 22.3 Å². The highest BCUT2D eigenvalue weighted by Crippen LogP contribution is 2.37. The third-order valence-corrected chi connectivity index (χ3v) is 6.31. The van der Waals surface area contributed by atoms with E-state index in [-0.39, 0.29) is 19.1 Å². The van der Waals surface area contributed by atoms with Gasteiger partial charge in [-0.2, -0.15) is 0 Å². The summed E-state index contributed by atoms with van der Waals surface area (Å²) in [6.07, 6.45) is 1.42. The van der Waals surface area contributed by atoms with Crippen molar-refractivity contribution in [3.8, 4) is 17.0 Å². The van der Waals surface area contributed by atoms with Gasteiger partial charge in [-0.05, 0) is 44.4 Å². The second kappa shape index (κ2) is 10.0. The zero-order valence-corrected chi connectivity index (χ0v) is 20.4. The smallest absolute Gasteiger partial charge is 0.258 e. The molecule has 174 valence electrons. The monoisotopic (exact) mass is 474 g/mol. The topological polar surface area (TPSA) is 93.2 Å². The first-order chi connectivity index (χ1) is 16.3. The first kappa shape index (κ1) is 23.4. The standard InChI is InChI=1S/C26H26N4O3S/c1-15-5-7-19(8-6-15)20-13-34-26-23(20)25(28-14-29-26)33-12-22(32)27-11-21(31)30-24-17(3)9-16(2)10-18(24)4/h5-10,13-14H,11-12H2,1-4H3,(H,27,32)(H,30,31). The number of fused-ring (bicyclic) bond motifs is 1. The van der Waals surface area contributed by atoms with Gasteiger partial charge in [0.15, 0.2) is 6.61 Å². The third kappa shape index (κ3) is 5.23. The molecular formula is C26H26N4O3S. The molecule has 0 saturated heterocycles. The van der Waals surface area contributed by atoms with Crippen molar-refractivity contribution < 1.29 is 14.3 Å². The summed E-state index contributed by atoms with van der Waals surface area (Å²) in [6.45, 7) is 7.53. The number of rotatable bonds is 7. The van der Waals surface area contributed by atoms with Gasteiger partial charge in [0.2, 0.25) is 11.8 Å². The molecule has 0 atom stereocenters. The van der Waals surface area contributed by atoms with Crippen LogP contribution in [0.2, 0.25) is 0 Å². The number of hydrogen-bond donors (Lipinski definition) is 2. The average molecular weight is 475 g/mol. The van der Waals surface area contributed by atoms with E-state index in [9.17, 15) is 9.59 Å². The zero-order chi connectivity index (χ0) is 24.2. The van der Waals surface area contributed by atoms with Crippen molar-refractivity contribution in [1.29, 1.82) is 0 Å². The van der Waals surface area contributed by atoms with Gasteiger partial charge in [-0.15, -0.1) is 11.3 Å². The number of aryl methyl sites for hydroxylation is 4. The number of nitrogens with one attached hydrogen (secondary N) is 2. The van der Waals surface area contributed by atoms with Crippen molar-refractivity contribution in [2.24, 2.45) is 0 Å². The first-order valence-electron chi connectivity index (χ1n) is 10.9. The molecule has 7 nitrogen and oxygen atoms in total. The van der Waals surface area contributed by atoms with Gasteiger partial charge in [0.25, 0.3) is 5.91 Å². The van der Waals surface area contributed by atoms with Crippen LogP contribution in [0.15, 0.2) is 48.1 Å². The maximum atomic E-state index is 12.4. The average Bonchev–Trinajstić information content (AvgIpc) is 3.24. The molecular weight excluding hydrogens is 448 g/mol. The Kier molecular flexibility index (Phi) is 6.88. The molecule has 2 aromatic heterocycles. The highest BCUT2D eigenvalue weighted by molar-refractivity contribution is 7.17. The van der Waals surface area contributed by atoms with E-state index >= 15 is 0 Å². The molecule has 8 heteroatoms. The molecule has 0 bridgehead atoms. The number of nitrogens with zero attached hydrogens (tertiary/aromatic N) is 2. The summed E-state index contributed by atoms with van der Waals surface area (Å²) >= 11 is 1.49. The van der Waals surface area contributed by atoms with Crippen molar-refractivity contribution in [1.82, 2.24) is 15.3 Å². The molecule has 0 spiro atoms. The molecule has 2 aromatic carbocycles.